The van der Waals surface area contributed by atoms with Crippen molar-refractivity contribution < 1.29 is 19.7 Å². The first-order chi connectivity index (χ1) is 10.3. The van der Waals surface area contributed by atoms with Crippen molar-refractivity contribution in [2.45, 2.75) is 57.8 Å². The van der Waals surface area contributed by atoms with Gasteiger partial charge in [-0.05, 0) is 26.3 Å². The summed E-state index contributed by atoms with van der Waals surface area (Å²) in [7, 11) is 0. The van der Waals surface area contributed by atoms with Gasteiger partial charge in [0, 0.05) is 13.0 Å². The number of benzene rings is 1. The fourth-order valence-corrected chi connectivity index (χ4v) is 2.48. The molecule has 0 aromatic heterocycles. The Kier molecular flexibility index (Phi) is 5.05. The van der Waals surface area contributed by atoms with E-state index in [0.717, 1.165) is 5.56 Å². The molecule has 3 unspecified atom stereocenters. The van der Waals surface area contributed by atoms with Crippen molar-refractivity contribution in [3.05, 3.63) is 35.9 Å². The number of nitrogens with one attached hydrogen (secondary N) is 1. The molecular weight excluding hydrogens is 284 g/mol. The third-order valence-corrected chi connectivity index (χ3v) is 3.46. The minimum absolute atomic E-state index is 0.257. The first kappa shape index (κ1) is 16.7. The molecule has 2 rings (SSSR count). The van der Waals surface area contributed by atoms with Crippen molar-refractivity contribution in [2.75, 3.05) is 0 Å². The normalized spacial score (nSPS) is 26.0. The standard InChI is InChI=1S/C16H24N2O4/c1-16(2,3)22-15(21)17-12-9-13(19)18(14(12)20)10-11-7-5-4-6-8-11/h4-8,12-14,19-20H,9-10H2,1-3H3,(H,17,21). The SMILES string of the molecule is CC(C)(C)OC(=O)NC1CC(O)N(Cc2ccccc2)C1O. The maximum atomic E-state index is 11.8. The molecule has 6 heteroatoms. The van der Waals surface area contributed by atoms with Gasteiger partial charge in [0.05, 0.1) is 6.04 Å². The summed E-state index contributed by atoms with van der Waals surface area (Å²) in [6.45, 7) is 5.73. The largest absolute Gasteiger partial charge is 0.444 e. The molecule has 1 aliphatic heterocycles. The van der Waals surface area contributed by atoms with E-state index >= 15 is 0 Å². The van der Waals surface area contributed by atoms with Crippen molar-refractivity contribution in [1.29, 1.82) is 0 Å². The van der Waals surface area contributed by atoms with Gasteiger partial charge in [-0.25, -0.2) is 9.69 Å². The average Bonchev–Trinajstić information content (AvgIpc) is 2.65. The number of rotatable bonds is 3. The third-order valence-electron chi connectivity index (χ3n) is 3.46. The van der Waals surface area contributed by atoms with E-state index in [1.54, 1.807) is 25.7 Å². The highest BCUT2D eigenvalue weighted by atomic mass is 16.6. The number of alkyl carbamates (subject to hydrolysis) is 1. The van der Waals surface area contributed by atoms with Crippen LogP contribution in [-0.2, 0) is 11.3 Å². The van der Waals surface area contributed by atoms with Crippen molar-refractivity contribution in [3.8, 4) is 0 Å². The lowest BCUT2D eigenvalue weighted by Crippen LogP contribution is -2.46. The predicted molar refractivity (Wildman–Crippen MR) is 81.8 cm³/mol. The molecule has 3 atom stereocenters. The van der Waals surface area contributed by atoms with Crippen LogP contribution in [0.3, 0.4) is 0 Å². The van der Waals surface area contributed by atoms with Gasteiger partial charge >= 0.3 is 6.09 Å². The first-order valence-electron chi connectivity index (χ1n) is 7.41. The molecule has 122 valence electrons. The number of hydrogen-bond donors (Lipinski definition) is 3. The number of nitrogens with zero attached hydrogens (tertiary/aromatic N) is 1. The smallest absolute Gasteiger partial charge is 0.408 e. The number of aliphatic hydroxyl groups is 2. The van der Waals surface area contributed by atoms with Gasteiger partial charge in [-0.2, -0.15) is 0 Å². The molecule has 3 N–H and O–H groups in total. The molecule has 1 amide bonds. The molecule has 0 aliphatic carbocycles. The number of hydrogen-bond acceptors (Lipinski definition) is 5. The molecule has 0 saturated carbocycles. The van der Waals surface area contributed by atoms with E-state index in [4.69, 9.17) is 4.74 Å². The zero-order valence-electron chi connectivity index (χ0n) is 13.2. The first-order valence-corrected chi connectivity index (χ1v) is 7.41. The van der Waals surface area contributed by atoms with E-state index in [-0.39, 0.29) is 6.42 Å². The number of ether oxygens (including phenoxy) is 1. The Labute approximate surface area is 130 Å². The van der Waals surface area contributed by atoms with Crippen molar-refractivity contribution in [1.82, 2.24) is 10.2 Å². The van der Waals surface area contributed by atoms with Crippen LogP contribution in [0.1, 0.15) is 32.8 Å². The van der Waals surface area contributed by atoms with Gasteiger partial charge in [0.15, 0.2) is 0 Å². The van der Waals surface area contributed by atoms with Crippen molar-refractivity contribution in [2.24, 2.45) is 0 Å². The zero-order valence-corrected chi connectivity index (χ0v) is 13.2. The van der Waals surface area contributed by atoms with Crippen LogP contribution in [0.2, 0.25) is 0 Å². The van der Waals surface area contributed by atoms with Gasteiger partial charge in [0.2, 0.25) is 0 Å². The highest BCUT2D eigenvalue weighted by molar-refractivity contribution is 5.68. The van der Waals surface area contributed by atoms with Crippen LogP contribution in [0.25, 0.3) is 0 Å². The molecule has 6 nitrogen and oxygen atoms in total. The molecule has 1 aliphatic rings. The molecule has 1 fully saturated rings. The van der Waals surface area contributed by atoms with Crippen LogP contribution in [0, 0.1) is 0 Å². The number of likely N-dealkylation sites (tertiary alicyclic amines) is 1. The lowest BCUT2D eigenvalue weighted by molar-refractivity contribution is -0.0637. The van der Waals surface area contributed by atoms with Gasteiger partial charge in [-0.3, -0.25) is 0 Å². The Morgan fingerprint density at radius 2 is 1.95 bits per heavy atom. The summed E-state index contributed by atoms with van der Waals surface area (Å²) in [6, 6.07) is 9.00. The Balaban J connectivity index is 1.95. The minimum atomic E-state index is -0.956. The Morgan fingerprint density at radius 1 is 1.32 bits per heavy atom. The summed E-state index contributed by atoms with van der Waals surface area (Å²) in [5.74, 6) is 0. The third kappa shape index (κ3) is 4.43. The summed E-state index contributed by atoms with van der Waals surface area (Å²) in [5.41, 5.74) is 0.384. The predicted octanol–water partition coefficient (Wildman–Crippen LogP) is 1.42. The maximum Gasteiger partial charge on any atom is 0.408 e. The second kappa shape index (κ2) is 6.64. The van der Waals surface area contributed by atoms with E-state index < -0.39 is 30.2 Å². The number of carbonyl (C=O) groups excluding carboxylic acids is 1. The fourth-order valence-electron chi connectivity index (χ4n) is 2.48. The van der Waals surface area contributed by atoms with Gasteiger partial charge in [0.1, 0.15) is 18.1 Å². The van der Waals surface area contributed by atoms with E-state index in [0.29, 0.717) is 6.54 Å². The monoisotopic (exact) mass is 308 g/mol. The second-order valence-electron chi connectivity index (χ2n) is 6.54. The van der Waals surface area contributed by atoms with E-state index in [1.807, 2.05) is 30.3 Å². The fraction of sp³-hybridized carbons (Fsp3) is 0.562. The molecular formula is C16H24N2O4. The number of amides is 1. The molecule has 1 saturated heterocycles. The molecule has 1 aromatic rings. The average molecular weight is 308 g/mol. The van der Waals surface area contributed by atoms with Gasteiger partial charge in [0.25, 0.3) is 0 Å². The molecule has 0 radical (unpaired) electrons. The number of aliphatic hydroxyl groups excluding tert-OH is 2. The quantitative estimate of drug-likeness (QED) is 0.787. The lowest BCUT2D eigenvalue weighted by atomic mass is 10.2. The number of carbonyl (C=O) groups is 1. The molecule has 1 heterocycles. The van der Waals surface area contributed by atoms with Crippen molar-refractivity contribution >= 4 is 6.09 Å². The van der Waals surface area contributed by atoms with Crippen LogP contribution in [0.15, 0.2) is 30.3 Å². The zero-order chi connectivity index (χ0) is 16.3. The Bertz CT molecular complexity index is 501. The summed E-state index contributed by atoms with van der Waals surface area (Å²) in [4.78, 5) is 13.3. The van der Waals surface area contributed by atoms with Crippen molar-refractivity contribution in [3.63, 3.8) is 0 Å². The summed E-state index contributed by atoms with van der Waals surface area (Å²) >= 11 is 0. The Hall–Kier alpha value is -1.63. The van der Waals surface area contributed by atoms with Crippen LogP contribution in [-0.4, -0.2) is 45.3 Å². The molecule has 0 spiro atoms. The second-order valence-corrected chi connectivity index (χ2v) is 6.54. The highest BCUT2D eigenvalue weighted by Crippen LogP contribution is 2.24. The van der Waals surface area contributed by atoms with Crippen LogP contribution in [0.5, 0.6) is 0 Å². The highest BCUT2D eigenvalue weighted by Gasteiger charge is 2.40. The Morgan fingerprint density at radius 3 is 2.55 bits per heavy atom. The summed E-state index contributed by atoms with van der Waals surface area (Å²) in [6.07, 6.45) is -2.10. The van der Waals surface area contributed by atoms with Crippen LogP contribution >= 0.6 is 0 Å². The summed E-state index contributed by atoms with van der Waals surface area (Å²) in [5, 5.41) is 23.1. The molecule has 22 heavy (non-hydrogen) atoms. The lowest BCUT2D eigenvalue weighted by Gasteiger charge is -2.26. The maximum absolute atomic E-state index is 11.8. The minimum Gasteiger partial charge on any atom is -0.444 e. The van der Waals surface area contributed by atoms with E-state index in [1.165, 1.54) is 0 Å². The molecule has 0 bridgehead atoms. The summed E-state index contributed by atoms with van der Waals surface area (Å²) < 4.78 is 5.18. The van der Waals surface area contributed by atoms with Gasteiger partial charge in [-0.15, -0.1) is 0 Å². The van der Waals surface area contributed by atoms with E-state index in [2.05, 4.69) is 5.32 Å². The molecule has 1 aromatic carbocycles. The van der Waals surface area contributed by atoms with Gasteiger partial charge < -0.3 is 20.3 Å². The van der Waals surface area contributed by atoms with Crippen LogP contribution < -0.4 is 5.32 Å². The topological polar surface area (TPSA) is 82.0 Å². The van der Waals surface area contributed by atoms with Gasteiger partial charge in [-0.1, -0.05) is 30.3 Å². The van der Waals surface area contributed by atoms with E-state index in [9.17, 15) is 15.0 Å². The van der Waals surface area contributed by atoms with Crippen LogP contribution in [0.4, 0.5) is 4.79 Å².